The Labute approximate surface area is 197 Å². The maximum Gasteiger partial charge on any atom is 0.191 e. The molecule has 2 fully saturated rings. The van der Waals surface area contributed by atoms with Crippen LogP contribution in [-0.2, 0) is 4.74 Å². The molecule has 2 aliphatic rings. The van der Waals surface area contributed by atoms with E-state index in [2.05, 4.69) is 51.8 Å². The van der Waals surface area contributed by atoms with Crippen molar-refractivity contribution in [2.24, 2.45) is 4.99 Å². The van der Waals surface area contributed by atoms with E-state index in [4.69, 9.17) is 9.73 Å². The molecule has 8 heteroatoms. The third-order valence-corrected chi connectivity index (χ3v) is 6.73. The Bertz CT molecular complexity index is 580. The van der Waals surface area contributed by atoms with Gasteiger partial charge in [0.05, 0.1) is 25.8 Å². The molecule has 29 heavy (non-hydrogen) atoms. The van der Waals surface area contributed by atoms with Crippen molar-refractivity contribution in [1.82, 2.24) is 20.4 Å². The van der Waals surface area contributed by atoms with Crippen molar-refractivity contribution in [3.8, 4) is 0 Å². The average Bonchev–Trinajstić information content (AvgIpc) is 3.25. The average molecular weight is 536 g/mol. The van der Waals surface area contributed by atoms with Gasteiger partial charge in [-0.05, 0) is 44.7 Å². The molecule has 3 heterocycles. The molecule has 166 valence electrons. The van der Waals surface area contributed by atoms with Crippen molar-refractivity contribution in [1.29, 1.82) is 0 Å². The van der Waals surface area contributed by atoms with Crippen LogP contribution in [0.4, 0.5) is 0 Å². The number of guanidine groups is 1. The second-order valence-corrected chi connectivity index (χ2v) is 8.69. The second kappa shape index (κ2) is 13.8. The molecule has 1 aromatic heterocycles. The first-order valence-corrected chi connectivity index (χ1v) is 11.8. The number of aliphatic imine (C=N–C) groups is 1. The molecule has 2 saturated heterocycles. The fourth-order valence-electron chi connectivity index (χ4n) is 4.08. The van der Waals surface area contributed by atoms with E-state index >= 15 is 0 Å². The molecule has 0 amide bonds. The highest BCUT2D eigenvalue weighted by Crippen LogP contribution is 2.26. The summed E-state index contributed by atoms with van der Waals surface area (Å²) >= 11 is 1.83. The molecule has 3 rings (SSSR count). The fourth-order valence-corrected chi connectivity index (χ4v) is 4.93. The molecule has 0 aliphatic carbocycles. The zero-order chi connectivity index (χ0) is 19.6. The zero-order valence-corrected chi connectivity index (χ0v) is 21.1. The van der Waals surface area contributed by atoms with Crippen LogP contribution in [0.15, 0.2) is 22.5 Å². The maximum absolute atomic E-state index is 5.55. The number of nitrogens with one attached hydrogen (secondary N) is 2. The van der Waals surface area contributed by atoms with Gasteiger partial charge in [-0.15, -0.1) is 35.3 Å². The van der Waals surface area contributed by atoms with Gasteiger partial charge < -0.3 is 15.4 Å². The van der Waals surface area contributed by atoms with Crippen LogP contribution in [0.1, 0.15) is 44.0 Å². The van der Waals surface area contributed by atoms with Crippen molar-refractivity contribution in [2.45, 2.75) is 45.2 Å². The van der Waals surface area contributed by atoms with Gasteiger partial charge in [-0.1, -0.05) is 12.5 Å². The van der Waals surface area contributed by atoms with E-state index in [0.29, 0.717) is 12.1 Å². The lowest BCUT2D eigenvalue weighted by atomic mass is 10.0. The Kier molecular flexibility index (Phi) is 11.8. The smallest absolute Gasteiger partial charge is 0.191 e. The number of halogens is 1. The van der Waals surface area contributed by atoms with Gasteiger partial charge in [0.1, 0.15) is 0 Å². The number of nitrogens with zero attached hydrogens (tertiary/aromatic N) is 3. The summed E-state index contributed by atoms with van der Waals surface area (Å²) in [5.74, 6) is 0.932. The summed E-state index contributed by atoms with van der Waals surface area (Å²) in [6.07, 6.45) is 4.04. The standard InChI is InChI=1S/C21H37N5OS.HI/c1-3-22-21(23-9-11-25-10-5-4-7-18(25)2)24-17-19(20-8-6-16-28-20)26-12-14-27-15-13-26;/h6,8,16,18-19H,3-5,7,9-15,17H2,1-2H3,(H2,22,23,24);1H. The highest BCUT2D eigenvalue weighted by atomic mass is 127. The Morgan fingerprint density at radius 3 is 2.79 bits per heavy atom. The maximum atomic E-state index is 5.55. The third kappa shape index (κ3) is 7.97. The number of ether oxygens (including phenoxy) is 1. The van der Waals surface area contributed by atoms with Crippen LogP contribution >= 0.6 is 35.3 Å². The van der Waals surface area contributed by atoms with E-state index in [0.717, 1.165) is 58.4 Å². The zero-order valence-electron chi connectivity index (χ0n) is 17.9. The van der Waals surface area contributed by atoms with Crippen molar-refractivity contribution < 1.29 is 4.74 Å². The minimum Gasteiger partial charge on any atom is -0.379 e. The minimum atomic E-state index is 0. The first-order valence-electron chi connectivity index (χ1n) is 10.9. The summed E-state index contributed by atoms with van der Waals surface area (Å²) in [5, 5.41) is 9.13. The van der Waals surface area contributed by atoms with Crippen LogP contribution < -0.4 is 10.6 Å². The predicted octanol–water partition coefficient (Wildman–Crippen LogP) is 3.17. The van der Waals surface area contributed by atoms with Gasteiger partial charge in [0.2, 0.25) is 0 Å². The van der Waals surface area contributed by atoms with E-state index in [1.54, 1.807) is 0 Å². The molecule has 1 aromatic rings. The lowest BCUT2D eigenvalue weighted by Gasteiger charge is -2.34. The molecule has 2 atom stereocenters. The second-order valence-electron chi connectivity index (χ2n) is 7.71. The number of hydrogen-bond acceptors (Lipinski definition) is 5. The summed E-state index contributed by atoms with van der Waals surface area (Å²) in [6, 6.07) is 5.42. The van der Waals surface area contributed by atoms with Crippen molar-refractivity contribution >= 4 is 41.3 Å². The van der Waals surface area contributed by atoms with Gasteiger partial charge >= 0.3 is 0 Å². The van der Waals surface area contributed by atoms with Gasteiger partial charge in [0, 0.05) is 43.6 Å². The third-order valence-electron chi connectivity index (χ3n) is 5.76. The SMILES string of the molecule is CCNC(=NCC(c1cccs1)N1CCOCC1)NCCN1CCCCC1C.I. The molecular formula is C21H38IN5OS. The van der Waals surface area contributed by atoms with E-state index in [1.165, 1.54) is 30.7 Å². The van der Waals surface area contributed by atoms with Gasteiger partial charge in [0.15, 0.2) is 5.96 Å². The van der Waals surface area contributed by atoms with Crippen molar-refractivity contribution in [3.63, 3.8) is 0 Å². The molecule has 0 bridgehead atoms. The lowest BCUT2D eigenvalue weighted by molar-refractivity contribution is 0.0186. The van der Waals surface area contributed by atoms with Crippen molar-refractivity contribution in [2.75, 3.05) is 59.0 Å². The largest absolute Gasteiger partial charge is 0.379 e. The van der Waals surface area contributed by atoms with Crippen LogP contribution in [0.2, 0.25) is 0 Å². The first kappa shape index (κ1) is 24.8. The first-order chi connectivity index (χ1) is 13.8. The minimum absolute atomic E-state index is 0. The predicted molar refractivity (Wildman–Crippen MR) is 134 cm³/mol. The molecule has 2 N–H and O–H groups in total. The van der Waals surface area contributed by atoms with Crippen LogP contribution in [0.25, 0.3) is 0 Å². The number of rotatable bonds is 8. The molecule has 0 saturated carbocycles. The topological polar surface area (TPSA) is 52.1 Å². The quantitative estimate of drug-likeness (QED) is 0.305. The fraction of sp³-hybridized carbons (Fsp3) is 0.762. The van der Waals surface area contributed by atoms with Gasteiger partial charge in [0.25, 0.3) is 0 Å². The number of hydrogen-bond donors (Lipinski definition) is 2. The molecular weight excluding hydrogens is 497 g/mol. The Balaban J connectivity index is 0.00000300. The van der Waals surface area contributed by atoms with Gasteiger partial charge in [-0.3, -0.25) is 14.8 Å². The van der Waals surface area contributed by atoms with Crippen LogP contribution in [0.5, 0.6) is 0 Å². The summed E-state index contributed by atoms with van der Waals surface area (Å²) in [7, 11) is 0. The van der Waals surface area contributed by atoms with E-state index < -0.39 is 0 Å². The van der Waals surface area contributed by atoms with E-state index in [1.807, 2.05) is 11.3 Å². The number of likely N-dealkylation sites (tertiary alicyclic amines) is 1. The van der Waals surface area contributed by atoms with E-state index in [-0.39, 0.29) is 24.0 Å². The molecule has 0 aromatic carbocycles. The Morgan fingerprint density at radius 2 is 2.10 bits per heavy atom. The molecule has 6 nitrogen and oxygen atoms in total. The van der Waals surface area contributed by atoms with Gasteiger partial charge in [-0.2, -0.15) is 0 Å². The molecule has 0 radical (unpaired) electrons. The van der Waals surface area contributed by atoms with Crippen LogP contribution in [-0.4, -0.2) is 80.8 Å². The highest BCUT2D eigenvalue weighted by Gasteiger charge is 2.23. The normalized spacial score (nSPS) is 22.7. The summed E-state index contributed by atoms with van der Waals surface area (Å²) in [4.78, 5) is 11.5. The highest BCUT2D eigenvalue weighted by molar-refractivity contribution is 14.0. The summed E-state index contributed by atoms with van der Waals surface area (Å²) < 4.78 is 5.55. The lowest BCUT2D eigenvalue weighted by Crippen LogP contribution is -2.45. The monoisotopic (exact) mass is 535 g/mol. The van der Waals surface area contributed by atoms with Gasteiger partial charge in [-0.25, -0.2) is 0 Å². The van der Waals surface area contributed by atoms with Crippen molar-refractivity contribution in [3.05, 3.63) is 22.4 Å². The summed E-state index contributed by atoms with van der Waals surface area (Å²) in [6.45, 7) is 13.0. The van der Waals surface area contributed by atoms with Crippen LogP contribution in [0.3, 0.4) is 0 Å². The number of morpholine rings is 1. The Morgan fingerprint density at radius 1 is 1.28 bits per heavy atom. The molecule has 0 spiro atoms. The molecule has 2 unspecified atom stereocenters. The van der Waals surface area contributed by atoms with Crippen LogP contribution in [0, 0.1) is 0 Å². The number of piperidine rings is 1. The molecule has 2 aliphatic heterocycles. The number of thiophene rings is 1. The Hall–Kier alpha value is -0.420. The summed E-state index contributed by atoms with van der Waals surface area (Å²) in [5.41, 5.74) is 0. The van der Waals surface area contributed by atoms with E-state index in [9.17, 15) is 0 Å².